The normalized spacial score (nSPS) is 14.0. The highest BCUT2D eigenvalue weighted by Crippen LogP contribution is 2.43. The van der Waals surface area contributed by atoms with E-state index < -0.39 is 57.8 Å². The summed E-state index contributed by atoms with van der Waals surface area (Å²) >= 11 is 0. The largest absolute Gasteiger partial charge is 0.472 e. The summed E-state index contributed by atoms with van der Waals surface area (Å²) in [6, 6.07) is 0. The number of allylic oxidation sites excluding steroid dienone is 13. The summed E-state index contributed by atoms with van der Waals surface area (Å²) in [6.07, 6.45) is 61.5. The molecule has 0 rings (SSSR count). The monoisotopic (exact) mass is 1030 g/mol. The predicted octanol–water partition coefficient (Wildman–Crippen LogP) is 16.7. The van der Waals surface area contributed by atoms with E-state index in [9.17, 15) is 28.9 Å². The van der Waals surface area contributed by atoms with Crippen molar-refractivity contribution in [3.8, 4) is 0 Å². The van der Waals surface area contributed by atoms with Gasteiger partial charge in [0.1, 0.15) is 12.7 Å². The summed E-state index contributed by atoms with van der Waals surface area (Å²) in [6.45, 7) is 4.35. The van der Waals surface area contributed by atoms with Crippen LogP contribution in [0.3, 0.4) is 0 Å². The van der Waals surface area contributed by atoms with Crippen LogP contribution >= 0.6 is 7.82 Å². The molecule has 2 N–H and O–H groups in total. The summed E-state index contributed by atoms with van der Waals surface area (Å²) in [4.78, 5) is 48.4. The molecule has 0 spiro atoms. The van der Waals surface area contributed by atoms with Crippen molar-refractivity contribution in [1.82, 2.24) is 0 Å². The molecule has 0 aliphatic carbocycles. The van der Waals surface area contributed by atoms with Crippen molar-refractivity contribution in [3.63, 3.8) is 0 Å². The fourth-order valence-corrected chi connectivity index (χ4v) is 8.31. The van der Waals surface area contributed by atoms with Crippen LogP contribution in [0.2, 0.25) is 0 Å². The molecule has 3 atom stereocenters. The average molecular weight is 1030 g/mol. The van der Waals surface area contributed by atoms with Crippen LogP contribution in [0.4, 0.5) is 0 Å². The number of phosphoric acid groups is 1. The van der Waals surface area contributed by atoms with Gasteiger partial charge < -0.3 is 24.2 Å². The molecule has 0 saturated heterocycles. The van der Waals surface area contributed by atoms with Gasteiger partial charge in [0.2, 0.25) is 0 Å². The van der Waals surface area contributed by atoms with Crippen LogP contribution in [0.5, 0.6) is 0 Å². The zero-order valence-corrected chi connectivity index (χ0v) is 46.5. The Balaban J connectivity index is 4.82. The Labute approximate surface area is 439 Å². The van der Waals surface area contributed by atoms with Crippen molar-refractivity contribution in [1.29, 1.82) is 0 Å². The second kappa shape index (κ2) is 53.9. The summed E-state index contributed by atoms with van der Waals surface area (Å²) in [5.41, 5.74) is 0. The molecule has 0 aromatic carbocycles. The maximum Gasteiger partial charge on any atom is 0.472 e. The Hall–Kier alpha value is -3.34. The van der Waals surface area contributed by atoms with Crippen LogP contribution in [0.25, 0.3) is 0 Å². The van der Waals surface area contributed by atoms with E-state index >= 15 is 0 Å². The second-order valence-corrected chi connectivity index (χ2v) is 20.2. The lowest BCUT2D eigenvalue weighted by Crippen LogP contribution is -2.30. The Morgan fingerprint density at radius 1 is 0.417 bits per heavy atom. The number of rotatable bonds is 52. The van der Waals surface area contributed by atoms with Gasteiger partial charge in [-0.1, -0.05) is 234 Å². The molecule has 0 aromatic heterocycles. The van der Waals surface area contributed by atoms with Gasteiger partial charge in [-0.3, -0.25) is 23.4 Å². The number of aliphatic hydroxyl groups is 1. The standard InChI is InChI=1S/C60H103O11P/c1-4-7-10-13-16-19-22-25-27-28-30-32-34-37-40-43-46-49-58(62)67-53-57(71-60(64)51-48-45-42-39-36-33-29-26-23-20-17-14-11-8-5-2)55-69-72(65,66)68-54-56(52-61)70-59(63)50-47-44-41-38-35-31-24-21-18-15-12-9-6-3/h8,11-12,15,17,20-21,24,26,29,36,39,45,48,56-57,61H,4-7,9-10,13-14,16,18-19,22-23,25,27-28,30-35,37-38,40-44,46-47,49-55H2,1-3H3,(H,65,66)/b11-8-,15-12-,20-17-,24-21-,29-26-,39-36-,48-45-. The van der Waals surface area contributed by atoms with E-state index in [0.29, 0.717) is 19.3 Å². The van der Waals surface area contributed by atoms with Crippen LogP contribution in [0, 0.1) is 0 Å². The summed E-state index contributed by atoms with van der Waals surface area (Å²) in [7, 11) is -4.78. The number of ether oxygens (including phenoxy) is 3. The summed E-state index contributed by atoms with van der Waals surface area (Å²) in [5, 5.41) is 9.79. The molecular formula is C60H103O11P. The predicted molar refractivity (Wildman–Crippen MR) is 298 cm³/mol. The third-order valence-electron chi connectivity index (χ3n) is 11.8. The minimum absolute atomic E-state index is 0.0663. The number of hydrogen-bond donors (Lipinski definition) is 2. The van der Waals surface area contributed by atoms with Crippen LogP contribution in [0.15, 0.2) is 85.1 Å². The molecule has 0 heterocycles. The second-order valence-electron chi connectivity index (χ2n) is 18.7. The van der Waals surface area contributed by atoms with Crippen molar-refractivity contribution in [2.24, 2.45) is 0 Å². The van der Waals surface area contributed by atoms with Gasteiger partial charge in [0.25, 0.3) is 0 Å². The van der Waals surface area contributed by atoms with E-state index in [0.717, 1.165) is 96.3 Å². The third-order valence-corrected chi connectivity index (χ3v) is 12.8. The average Bonchev–Trinajstić information content (AvgIpc) is 3.37. The van der Waals surface area contributed by atoms with Gasteiger partial charge in [-0.2, -0.15) is 0 Å². The topological polar surface area (TPSA) is 155 Å². The Bertz CT molecular complexity index is 1530. The number of phosphoric ester groups is 1. The minimum atomic E-state index is -4.78. The molecule has 0 aliphatic heterocycles. The highest BCUT2D eigenvalue weighted by Gasteiger charge is 2.28. The fraction of sp³-hybridized carbons (Fsp3) is 0.717. The number of hydrogen-bond acceptors (Lipinski definition) is 10. The SMILES string of the molecule is CC/C=C\C/C=C\C/C=C\C/C=C\C/C=C\CC(=O)OC(COC(=O)CCCCCCCCCCCCCCCCCCC)COP(=O)(O)OCC(CO)OC(=O)CCCCCCC/C=C\C/C=C\CCC. The first kappa shape index (κ1) is 68.7. The molecule has 0 aliphatic rings. The van der Waals surface area contributed by atoms with Crippen LogP contribution in [-0.2, 0) is 42.2 Å². The Morgan fingerprint density at radius 3 is 1.28 bits per heavy atom. The Kier molecular flexibility index (Phi) is 51.4. The maximum atomic E-state index is 12.9. The van der Waals surface area contributed by atoms with Crippen molar-refractivity contribution >= 4 is 25.7 Å². The smallest absolute Gasteiger partial charge is 0.462 e. The first-order valence-electron chi connectivity index (χ1n) is 28.5. The van der Waals surface area contributed by atoms with Crippen molar-refractivity contribution < 1.29 is 52.2 Å². The van der Waals surface area contributed by atoms with Crippen molar-refractivity contribution in [2.45, 2.75) is 251 Å². The molecule has 0 fully saturated rings. The van der Waals surface area contributed by atoms with E-state index in [1.807, 2.05) is 12.2 Å². The molecule has 0 radical (unpaired) electrons. The fourth-order valence-electron chi connectivity index (χ4n) is 7.53. The molecule has 414 valence electrons. The third kappa shape index (κ3) is 51.6. The number of unbranched alkanes of at least 4 members (excludes halogenated alkanes) is 22. The van der Waals surface area contributed by atoms with E-state index in [2.05, 4.69) is 87.6 Å². The molecule has 12 heteroatoms. The van der Waals surface area contributed by atoms with E-state index in [-0.39, 0.29) is 25.9 Å². The maximum absolute atomic E-state index is 12.9. The van der Waals surface area contributed by atoms with Crippen LogP contribution in [-0.4, -0.2) is 66.5 Å². The van der Waals surface area contributed by atoms with E-state index in [1.54, 1.807) is 6.08 Å². The number of carbonyl (C=O) groups is 3. The lowest BCUT2D eigenvalue weighted by molar-refractivity contribution is -0.160. The molecule has 72 heavy (non-hydrogen) atoms. The van der Waals surface area contributed by atoms with Gasteiger partial charge >= 0.3 is 25.7 Å². The molecule has 11 nitrogen and oxygen atoms in total. The Morgan fingerprint density at radius 2 is 0.806 bits per heavy atom. The highest BCUT2D eigenvalue weighted by atomic mass is 31.2. The lowest BCUT2D eigenvalue weighted by Gasteiger charge is -2.21. The quantitative estimate of drug-likeness (QED) is 0.0197. The lowest BCUT2D eigenvalue weighted by atomic mass is 10.0. The van der Waals surface area contributed by atoms with Crippen LogP contribution in [0.1, 0.15) is 239 Å². The zero-order chi connectivity index (χ0) is 52.7. The van der Waals surface area contributed by atoms with Gasteiger partial charge in [-0.05, 0) is 70.6 Å². The van der Waals surface area contributed by atoms with E-state index in [4.69, 9.17) is 23.3 Å². The summed E-state index contributed by atoms with van der Waals surface area (Å²) in [5.74, 6) is -1.63. The number of esters is 3. The molecular weight excluding hydrogens is 928 g/mol. The first-order chi connectivity index (χ1) is 35.2. The van der Waals surface area contributed by atoms with Gasteiger partial charge in [0.15, 0.2) is 6.10 Å². The number of aliphatic hydroxyl groups excluding tert-OH is 1. The summed E-state index contributed by atoms with van der Waals surface area (Å²) < 4.78 is 39.3. The number of carbonyl (C=O) groups excluding carboxylic acids is 3. The minimum Gasteiger partial charge on any atom is -0.462 e. The molecule has 0 saturated carbocycles. The van der Waals surface area contributed by atoms with Gasteiger partial charge in [-0.25, -0.2) is 4.57 Å². The molecule has 0 aromatic rings. The van der Waals surface area contributed by atoms with E-state index in [1.165, 1.54) is 83.5 Å². The molecule has 3 unspecified atom stereocenters. The van der Waals surface area contributed by atoms with Crippen LogP contribution < -0.4 is 0 Å². The van der Waals surface area contributed by atoms with Gasteiger partial charge in [0, 0.05) is 12.8 Å². The molecule has 0 amide bonds. The van der Waals surface area contributed by atoms with Gasteiger partial charge in [0.05, 0.1) is 26.2 Å². The highest BCUT2D eigenvalue weighted by molar-refractivity contribution is 7.47. The van der Waals surface area contributed by atoms with Crippen molar-refractivity contribution in [2.75, 3.05) is 26.4 Å². The zero-order valence-electron chi connectivity index (χ0n) is 45.6. The van der Waals surface area contributed by atoms with Crippen molar-refractivity contribution in [3.05, 3.63) is 85.1 Å². The molecule has 0 bridgehead atoms. The van der Waals surface area contributed by atoms with Gasteiger partial charge in [-0.15, -0.1) is 0 Å². The first-order valence-corrected chi connectivity index (χ1v) is 30.0.